The number of halogens is 1. The van der Waals surface area contributed by atoms with Gasteiger partial charge in [-0.2, -0.15) is 0 Å². The summed E-state index contributed by atoms with van der Waals surface area (Å²) in [7, 11) is 0. The molecule has 148 valence electrons. The molecule has 1 aliphatic rings. The zero-order valence-electron chi connectivity index (χ0n) is 14.7. The van der Waals surface area contributed by atoms with Crippen molar-refractivity contribution in [1.82, 2.24) is 0 Å². The molecule has 1 aromatic carbocycles. The molecule has 3 rings (SSSR count). The largest absolute Gasteiger partial charge is 0.479 e. The number of amides is 1. The van der Waals surface area contributed by atoms with Gasteiger partial charge in [0.05, 0.1) is 4.88 Å². The molecule has 0 saturated heterocycles. The van der Waals surface area contributed by atoms with Crippen molar-refractivity contribution in [3.63, 3.8) is 0 Å². The highest BCUT2D eigenvalue weighted by Crippen LogP contribution is 2.45. The number of carbonyl (C=O) groups excluding carboxylic acids is 1. The third-order valence-electron chi connectivity index (χ3n) is 4.46. The summed E-state index contributed by atoms with van der Waals surface area (Å²) < 4.78 is 5.08. The lowest BCUT2D eigenvalue weighted by Gasteiger charge is -2.11. The summed E-state index contributed by atoms with van der Waals surface area (Å²) in [5, 5.41) is 21.1. The Hall–Kier alpha value is -2.58. The number of thiophene rings is 1. The molecule has 1 aliphatic carbocycles. The van der Waals surface area contributed by atoms with Crippen molar-refractivity contribution in [2.24, 2.45) is 5.92 Å². The third kappa shape index (κ3) is 4.45. The minimum Gasteiger partial charge on any atom is -0.479 e. The first-order valence-electron chi connectivity index (χ1n) is 8.68. The highest BCUT2D eigenvalue weighted by Gasteiger charge is 2.25. The van der Waals surface area contributed by atoms with Gasteiger partial charge in [-0.05, 0) is 30.5 Å². The van der Waals surface area contributed by atoms with E-state index in [1.165, 1.54) is 0 Å². The quantitative estimate of drug-likeness (QED) is 0.609. The Morgan fingerprint density at radius 2 is 1.93 bits per heavy atom. The molecule has 0 unspecified atom stereocenters. The van der Waals surface area contributed by atoms with E-state index in [4.69, 9.17) is 21.4 Å². The number of carboxylic acid groups (broad SMARTS) is 2. The predicted octanol–water partition coefficient (Wildman–Crippen LogP) is 4.36. The minimum atomic E-state index is -1.26. The van der Waals surface area contributed by atoms with Crippen LogP contribution < -0.4 is 10.1 Å². The monoisotopic (exact) mass is 423 g/mol. The van der Waals surface area contributed by atoms with E-state index < -0.39 is 18.5 Å². The summed E-state index contributed by atoms with van der Waals surface area (Å²) in [5.41, 5.74) is 1.19. The summed E-state index contributed by atoms with van der Waals surface area (Å²) in [6, 6.07) is 6.92. The number of rotatable bonds is 7. The fourth-order valence-electron chi connectivity index (χ4n) is 3.16. The number of ether oxygens (including phenoxy) is 1. The second kappa shape index (κ2) is 8.62. The number of carboxylic acids is 2. The number of carbonyl (C=O) groups is 3. The molecule has 1 heterocycles. The molecule has 0 aliphatic heterocycles. The zero-order chi connectivity index (χ0) is 20.3. The van der Waals surface area contributed by atoms with Crippen molar-refractivity contribution in [3.8, 4) is 16.2 Å². The van der Waals surface area contributed by atoms with Gasteiger partial charge in [-0.3, -0.25) is 4.79 Å². The number of hydrogen-bond acceptors (Lipinski definition) is 5. The van der Waals surface area contributed by atoms with Gasteiger partial charge in [0, 0.05) is 11.6 Å². The van der Waals surface area contributed by atoms with E-state index in [9.17, 15) is 19.5 Å². The van der Waals surface area contributed by atoms with E-state index >= 15 is 0 Å². The van der Waals surface area contributed by atoms with Crippen molar-refractivity contribution >= 4 is 46.5 Å². The van der Waals surface area contributed by atoms with Crippen LogP contribution in [0.25, 0.3) is 10.4 Å². The second-order valence-electron chi connectivity index (χ2n) is 6.44. The second-order valence-corrected chi connectivity index (χ2v) is 7.84. The van der Waals surface area contributed by atoms with Crippen LogP contribution in [0.15, 0.2) is 24.3 Å². The smallest absolute Gasteiger partial charge is 0.349 e. The molecular formula is C19H18ClNO6S. The van der Waals surface area contributed by atoms with Crippen molar-refractivity contribution in [1.29, 1.82) is 0 Å². The van der Waals surface area contributed by atoms with Crippen molar-refractivity contribution in [2.75, 3.05) is 11.9 Å². The van der Waals surface area contributed by atoms with Crippen molar-refractivity contribution in [3.05, 3.63) is 34.2 Å². The molecule has 3 N–H and O–H groups in total. The highest BCUT2D eigenvalue weighted by atomic mass is 35.5. The van der Waals surface area contributed by atoms with Crippen LogP contribution >= 0.6 is 22.9 Å². The molecule has 0 atom stereocenters. The molecule has 9 heteroatoms. The molecule has 0 bridgehead atoms. The van der Waals surface area contributed by atoms with Gasteiger partial charge in [0.2, 0.25) is 5.91 Å². The number of benzene rings is 1. The predicted molar refractivity (Wildman–Crippen MR) is 105 cm³/mol. The Morgan fingerprint density at radius 1 is 1.21 bits per heavy atom. The lowest BCUT2D eigenvalue weighted by molar-refractivity contribution is -0.139. The van der Waals surface area contributed by atoms with Crippen LogP contribution in [0.1, 0.15) is 35.4 Å². The molecule has 1 saturated carbocycles. The van der Waals surface area contributed by atoms with E-state index in [-0.39, 0.29) is 27.5 Å². The van der Waals surface area contributed by atoms with Gasteiger partial charge in [-0.1, -0.05) is 36.6 Å². The first-order valence-corrected chi connectivity index (χ1v) is 9.87. The van der Waals surface area contributed by atoms with E-state index in [0.717, 1.165) is 37.0 Å². The molecule has 1 aromatic heterocycles. The summed E-state index contributed by atoms with van der Waals surface area (Å²) in [4.78, 5) is 34.8. The van der Waals surface area contributed by atoms with E-state index in [0.29, 0.717) is 16.1 Å². The molecule has 28 heavy (non-hydrogen) atoms. The molecule has 1 amide bonds. The summed E-state index contributed by atoms with van der Waals surface area (Å²) in [6.07, 6.45) is 3.88. The average Bonchev–Trinajstić information content (AvgIpc) is 3.28. The van der Waals surface area contributed by atoms with Gasteiger partial charge in [0.15, 0.2) is 17.2 Å². The Labute approximate surface area is 169 Å². The van der Waals surface area contributed by atoms with Gasteiger partial charge >= 0.3 is 11.9 Å². The van der Waals surface area contributed by atoms with Crippen LogP contribution in [0.3, 0.4) is 0 Å². The minimum absolute atomic E-state index is 0.0172. The van der Waals surface area contributed by atoms with Crippen LogP contribution in [-0.2, 0) is 9.59 Å². The molecule has 1 fully saturated rings. The van der Waals surface area contributed by atoms with E-state index in [1.807, 2.05) is 0 Å². The number of aliphatic carboxylic acids is 1. The number of anilines is 1. The van der Waals surface area contributed by atoms with Crippen LogP contribution in [0.4, 0.5) is 5.69 Å². The van der Waals surface area contributed by atoms with Gasteiger partial charge in [-0.15, -0.1) is 11.3 Å². The summed E-state index contributed by atoms with van der Waals surface area (Å²) in [5.74, 6) is -2.68. The molecule has 0 radical (unpaired) electrons. The average molecular weight is 424 g/mol. The normalized spacial score (nSPS) is 14.0. The Balaban J connectivity index is 1.88. The van der Waals surface area contributed by atoms with Crippen molar-refractivity contribution < 1.29 is 29.3 Å². The number of aromatic carboxylic acids is 1. The lowest BCUT2D eigenvalue weighted by Crippen LogP contribution is -2.20. The lowest BCUT2D eigenvalue weighted by atomic mass is 10.1. The van der Waals surface area contributed by atoms with Crippen molar-refractivity contribution in [2.45, 2.75) is 25.7 Å². The Bertz CT molecular complexity index is 919. The van der Waals surface area contributed by atoms with Gasteiger partial charge < -0.3 is 20.3 Å². The first kappa shape index (κ1) is 20.2. The van der Waals surface area contributed by atoms with Gasteiger partial charge in [0.25, 0.3) is 0 Å². The fraction of sp³-hybridized carbons (Fsp3) is 0.316. The SMILES string of the molecule is O=C(O)COc1c(C(=O)O)sc(-c2cccc(NC(=O)C3CCCC3)c2)c1Cl. The molecule has 2 aromatic rings. The maximum absolute atomic E-state index is 12.3. The molecule has 7 nitrogen and oxygen atoms in total. The first-order chi connectivity index (χ1) is 13.4. The summed E-state index contributed by atoms with van der Waals surface area (Å²) >= 11 is 7.18. The van der Waals surface area contributed by atoms with E-state index in [2.05, 4.69) is 5.32 Å². The van der Waals surface area contributed by atoms with Gasteiger partial charge in [-0.25, -0.2) is 9.59 Å². The van der Waals surface area contributed by atoms with Crippen LogP contribution in [-0.4, -0.2) is 34.7 Å². The topological polar surface area (TPSA) is 113 Å². The standard InChI is InChI=1S/C19H18ClNO6S/c20-14-15(27-9-13(22)23)17(19(25)26)28-16(14)11-6-3-7-12(8-11)21-18(24)10-4-1-2-5-10/h3,6-8,10H,1-2,4-5,9H2,(H,21,24)(H,22,23)(H,25,26). The maximum Gasteiger partial charge on any atom is 0.349 e. The van der Waals surface area contributed by atoms with Gasteiger partial charge in [0.1, 0.15) is 5.02 Å². The Morgan fingerprint density at radius 3 is 2.57 bits per heavy atom. The zero-order valence-corrected chi connectivity index (χ0v) is 16.3. The Kier molecular flexibility index (Phi) is 6.21. The van der Waals surface area contributed by atoms with Crippen LogP contribution in [0, 0.1) is 5.92 Å². The molecule has 0 spiro atoms. The highest BCUT2D eigenvalue weighted by molar-refractivity contribution is 7.18. The number of hydrogen-bond donors (Lipinski definition) is 3. The van der Waals surface area contributed by atoms with E-state index in [1.54, 1.807) is 24.3 Å². The molecular weight excluding hydrogens is 406 g/mol. The third-order valence-corrected chi connectivity index (χ3v) is 6.14. The van der Waals surface area contributed by atoms with Crippen LogP contribution in [0.2, 0.25) is 5.02 Å². The summed E-state index contributed by atoms with van der Waals surface area (Å²) in [6.45, 7) is -0.701. The maximum atomic E-state index is 12.3. The van der Waals surface area contributed by atoms with Crippen LogP contribution in [0.5, 0.6) is 5.75 Å². The fourth-order valence-corrected chi connectivity index (χ4v) is 4.56. The number of nitrogens with one attached hydrogen (secondary N) is 1.